The van der Waals surface area contributed by atoms with E-state index in [-0.39, 0.29) is 24.0 Å². The molecule has 5 nitrogen and oxygen atoms in total. The van der Waals surface area contributed by atoms with Crippen molar-refractivity contribution in [3.63, 3.8) is 0 Å². The zero-order chi connectivity index (χ0) is 14.4. The maximum atomic E-state index is 5.86. The molecule has 1 aromatic heterocycles. The number of hydrogen-bond donors (Lipinski definition) is 2. The van der Waals surface area contributed by atoms with Crippen molar-refractivity contribution >= 4 is 47.0 Å². The minimum atomic E-state index is 0. The van der Waals surface area contributed by atoms with Gasteiger partial charge < -0.3 is 15.8 Å². The van der Waals surface area contributed by atoms with E-state index in [9.17, 15) is 0 Å². The Morgan fingerprint density at radius 2 is 2.29 bits per heavy atom. The van der Waals surface area contributed by atoms with Crippen LogP contribution in [0.4, 0.5) is 5.69 Å². The molecular weight excluding hydrogens is 399 g/mol. The van der Waals surface area contributed by atoms with Crippen molar-refractivity contribution in [1.29, 1.82) is 0 Å². The summed E-state index contributed by atoms with van der Waals surface area (Å²) < 4.78 is 5.15. The van der Waals surface area contributed by atoms with E-state index >= 15 is 0 Å². The predicted molar refractivity (Wildman–Crippen MR) is 98.9 cm³/mol. The molecule has 1 aromatic carbocycles. The summed E-state index contributed by atoms with van der Waals surface area (Å²) in [4.78, 5) is 9.84. The van der Waals surface area contributed by atoms with Crippen LogP contribution in [0.3, 0.4) is 0 Å². The van der Waals surface area contributed by atoms with Crippen molar-refractivity contribution in [3.05, 3.63) is 40.3 Å². The van der Waals surface area contributed by atoms with Crippen LogP contribution in [0.5, 0.6) is 5.75 Å². The molecule has 0 bridgehead atoms. The van der Waals surface area contributed by atoms with Gasteiger partial charge in [-0.25, -0.2) is 9.98 Å². The van der Waals surface area contributed by atoms with E-state index < -0.39 is 0 Å². The molecule has 0 aliphatic heterocycles. The van der Waals surface area contributed by atoms with Crippen molar-refractivity contribution in [2.75, 3.05) is 12.4 Å². The van der Waals surface area contributed by atoms with E-state index in [4.69, 9.17) is 10.5 Å². The molecule has 0 saturated heterocycles. The summed E-state index contributed by atoms with van der Waals surface area (Å²) >= 11 is 1.67. The second-order valence-corrected chi connectivity index (χ2v) is 5.33. The highest BCUT2D eigenvalue weighted by atomic mass is 127. The SMILES string of the molecule is CCc1cnc(CN=C(N)Nc2cccc(OC)c2)s1.I. The summed E-state index contributed by atoms with van der Waals surface area (Å²) in [5.74, 6) is 1.14. The van der Waals surface area contributed by atoms with Gasteiger partial charge in [-0.05, 0) is 18.6 Å². The molecule has 2 rings (SSSR count). The Balaban J connectivity index is 0.00000220. The zero-order valence-electron chi connectivity index (χ0n) is 12.0. The summed E-state index contributed by atoms with van der Waals surface area (Å²) in [6.45, 7) is 2.60. The van der Waals surface area contributed by atoms with Crippen LogP contribution >= 0.6 is 35.3 Å². The first kappa shape index (κ1) is 17.7. The smallest absolute Gasteiger partial charge is 0.193 e. The molecule has 0 saturated carbocycles. The number of thiazole rings is 1. The number of nitrogens with two attached hydrogens (primary N) is 1. The first-order valence-corrected chi connectivity index (χ1v) is 7.17. The fraction of sp³-hybridized carbons (Fsp3) is 0.286. The number of anilines is 1. The lowest BCUT2D eigenvalue weighted by Crippen LogP contribution is -2.22. The Morgan fingerprint density at radius 3 is 2.95 bits per heavy atom. The minimum Gasteiger partial charge on any atom is -0.497 e. The number of methoxy groups -OCH3 is 1. The van der Waals surface area contributed by atoms with E-state index in [0.717, 1.165) is 22.9 Å². The van der Waals surface area contributed by atoms with Gasteiger partial charge in [-0.15, -0.1) is 35.3 Å². The molecule has 0 amide bonds. The molecule has 3 N–H and O–H groups in total. The topological polar surface area (TPSA) is 72.5 Å². The molecule has 7 heteroatoms. The van der Waals surface area contributed by atoms with Crippen molar-refractivity contribution in [1.82, 2.24) is 4.98 Å². The highest BCUT2D eigenvalue weighted by molar-refractivity contribution is 14.0. The number of nitrogens with zero attached hydrogens (tertiary/aromatic N) is 2. The molecule has 0 spiro atoms. The average molecular weight is 418 g/mol. The molecule has 21 heavy (non-hydrogen) atoms. The van der Waals surface area contributed by atoms with Gasteiger partial charge in [0.25, 0.3) is 0 Å². The van der Waals surface area contributed by atoms with Gasteiger partial charge >= 0.3 is 0 Å². The molecule has 0 fully saturated rings. The molecule has 0 atom stereocenters. The Bertz CT molecular complexity index is 600. The van der Waals surface area contributed by atoms with E-state index in [0.29, 0.717) is 12.5 Å². The van der Waals surface area contributed by atoms with Gasteiger partial charge in [0.15, 0.2) is 5.96 Å². The monoisotopic (exact) mass is 418 g/mol. The number of rotatable bonds is 5. The third-order valence-electron chi connectivity index (χ3n) is 2.68. The Labute approximate surface area is 145 Å². The Kier molecular flexibility index (Phi) is 7.44. The van der Waals surface area contributed by atoms with Gasteiger partial charge in [-0.3, -0.25) is 0 Å². The second-order valence-electron chi connectivity index (χ2n) is 4.13. The van der Waals surface area contributed by atoms with Gasteiger partial charge in [-0.1, -0.05) is 13.0 Å². The molecule has 2 aromatic rings. The molecule has 0 aliphatic rings. The number of nitrogens with one attached hydrogen (secondary N) is 1. The van der Waals surface area contributed by atoms with Crippen molar-refractivity contribution in [3.8, 4) is 5.75 Å². The van der Waals surface area contributed by atoms with Gasteiger partial charge in [0.2, 0.25) is 0 Å². The van der Waals surface area contributed by atoms with Crippen LogP contribution in [0.25, 0.3) is 0 Å². The number of aliphatic imine (C=N–C) groups is 1. The van der Waals surface area contributed by atoms with Crippen LogP contribution in [0, 0.1) is 0 Å². The highest BCUT2D eigenvalue weighted by Gasteiger charge is 2.01. The normalized spacial score (nSPS) is 10.9. The molecule has 1 heterocycles. The van der Waals surface area contributed by atoms with E-state index in [2.05, 4.69) is 22.2 Å². The molecule has 0 unspecified atom stereocenters. The third-order valence-corrected chi connectivity index (χ3v) is 3.80. The molecule has 114 valence electrons. The largest absolute Gasteiger partial charge is 0.497 e. The summed E-state index contributed by atoms with van der Waals surface area (Å²) in [7, 11) is 1.63. The standard InChI is InChI=1S/C14H18N4OS.HI/c1-3-12-8-16-13(20-12)9-17-14(15)18-10-5-4-6-11(7-10)19-2;/h4-8H,3,9H2,1-2H3,(H3,15,17,18);1H. The zero-order valence-corrected chi connectivity index (χ0v) is 15.1. The fourth-order valence-corrected chi connectivity index (χ4v) is 2.41. The van der Waals surface area contributed by atoms with Crippen LogP contribution in [0.15, 0.2) is 35.5 Å². The lowest BCUT2D eigenvalue weighted by atomic mass is 10.3. The van der Waals surface area contributed by atoms with Gasteiger partial charge in [0.05, 0.1) is 13.7 Å². The number of aryl methyl sites for hydroxylation is 1. The third kappa shape index (κ3) is 5.50. The van der Waals surface area contributed by atoms with Crippen LogP contribution in [-0.2, 0) is 13.0 Å². The van der Waals surface area contributed by atoms with Gasteiger partial charge in [0.1, 0.15) is 10.8 Å². The number of aromatic nitrogens is 1. The maximum Gasteiger partial charge on any atom is 0.193 e. The van der Waals surface area contributed by atoms with Crippen molar-refractivity contribution in [2.24, 2.45) is 10.7 Å². The first-order valence-electron chi connectivity index (χ1n) is 6.36. The van der Waals surface area contributed by atoms with Crippen LogP contribution < -0.4 is 15.8 Å². The fourth-order valence-electron chi connectivity index (χ4n) is 1.63. The van der Waals surface area contributed by atoms with E-state index in [1.54, 1.807) is 18.4 Å². The van der Waals surface area contributed by atoms with Crippen LogP contribution in [0.2, 0.25) is 0 Å². The molecular formula is C14H19IN4OS. The lowest BCUT2D eigenvalue weighted by Gasteiger charge is -2.06. The lowest BCUT2D eigenvalue weighted by molar-refractivity contribution is 0.415. The summed E-state index contributed by atoms with van der Waals surface area (Å²) in [5, 5.41) is 4.00. The summed E-state index contributed by atoms with van der Waals surface area (Å²) in [6, 6.07) is 7.54. The van der Waals surface area contributed by atoms with Crippen molar-refractivity contribution < 1.29 is 4.74 Å². The number of hydrogen-bond acceptors (Lipinski definition) is 4. The first-order chi connectivity index (χ1) is 9.71. The number of halogens is 1. The van der Waals surface area contributed by atoms with E-state index in [1.165, 1.54) is 4.88 Å². The predicted octanol–water partition coefficient (Wildman–Crippen LogP) is 3.26. The number of ether oxygens (including phenoxy) is 1. The molecule has 0 radical (unpaired) electrons. The van der Waals surface area contributed by atoms with Crippen LogP contribution in [0.1, 0.15) is 16.8 Å². The number of guanidine groups is 1. The minimum absolute atomic E-state index is 0. The maximum absolute atomic E-state index is 5.86. The molecule has 0 aliphatic carbocycles. The second kappa shape index (κ2) is 8.83. The Morgan fingerprint density at radius 1 is 1.48 bits per heavy atom. The highest BCUT2D eigenvalue weighted by Crippen LogP contribution is 2.17. The van der Waals surface area contributed by atoms with Crippen LogP contribution in [-0.4, -0.2) is 18.1 Å². The quantitative estimate of drug-likeness (QED) is 0.444. The van der Waals surface area contributed by atoms with E-state index in [1.807, 2.05) is 30.5 Å². The summed E-state index contributed by atoms with van der Waals surface area (Å²) in [6.07, 6.45) is 2.89. The summed E-state index contributed by atoms with van der Waals surface area (Å²) in [5.41, 5.74) is 6.71. The van der Waals surface area contributed by atoms with Gasteiger partial charge in [0, 0.05) is 22.8 Å². The Hall–Kier alpha value is -1.35. The van der Waals surface area contributed by atoms with Crippen molar-refractivity contribution in [2.45, 2.75) is 19.9 Å². The van der Waals surface area contributed by atoms with Gasteiger partial charge in [-0.2, -0.15) is 0 Å². The average Bonchev–Trinajstić information content (AvgIpc) is 2.93. The number of benzene rings is 1.